The van der Waals surface area contributed by atoms with Gasteiger partial charge in [-0.1, -0.05) is 0 Å². The molecule has 1 rings (SSSR count). The molecule has 2 atom stereocenters. The Balaban J connectivity index is 2.06. The highest BCUT2D eigenvalue weighted by Gasteiger charge is 2.15. The van der Waals surface area contributed by atoms with Gasteiger partial charge in [0, 0.05) is 12.6 Å². The first-order valence-electron chi connectivity index (χ1n) is 5.28. The molecule has 0 saturated carbocycles. The number of nitrogens with zero attached hydrogens (tertiary/aromatic N) is 1. The molecule has 1 aliphatic rings. The quantitative estimate of drug-likeness (QED) is 0.669. The van der Waals surface area contributed by atoms with E-state index < -0.39 is 0 Å². The Morgan fingerprint density at radius 2 is 2.38 bits per heavy atom. The van der Waals surface area contributed by atoms with Gasteiger partial charge in [0.2, 0.25) is 0 Å². The van der Waals surface area contributed by atoms with E-state index in [4.69, 9.17) is 5.11 Å². The smallest absolute Gasteiger partial charge is 0.0524 e. The van der Waals surface area contributed by atoms with Crippen molar-refractivity contribution in [1.29, 1.82) is 0 Å². The van der Waals surface area contributed by atoms with Crippen LogP contribution in [-0.4, -0.2) is 48.8 Å². The predicted molar refractivity (Wildman–Crippen MR) is 54.8 cm³/mol. The van der Waals surface area contributed by atoms with Gasteiger partial charge in [0.05, 0.1) is 6.10 Å². The van der Waals surface area contributed by atoms with Crippen LogP contribution in [0.2, 0.25) is 0 Å². The molecule has 2 unspecified atom stereocenters. The van der Waals surface area contributed by atoms with E-state index in [1.807, 2.05) is 6.92 Å². The number of aliphatic hydroxyl groups is 1. The Morgan fingerprint density at radius 3 is 3.00 bits per heavy atom. The maximum Gasteiger partial charge on any atom is 0.0524 e. The number of likely N-dealkylation sites (tertiary alicyclic amines) is 1. The molecule has 0 spiro atoms. The molecule has 1 saturated heterocycles. The number of likely N-dealkylation sites (N-methyl/N-ethyl adjacent to an activating group) is 1. The lowest BCUT2D eigenvalue weighted by atomic mass is 10.1. The van der Waals surface area contributed by atoms with Crippen LogP contribution >= 0.6 is 0 Å². The third-order valence-electron chi connectivity index (χ3n) is 2.62. The van der Waals surface area contributed by atoms with Gasteiger partial charge in [-0.05, 0) is 46.3 Å². The van der Waals surface area contributed by atoms with Crippen molar-refractivity contribution >= 4 is 0 Å². The molecule has 0 radical (unpaired) electrons. The summed E-state index contributed by atoms with van der Waals surface area (Å²) in [5.74, 6) is 0. The first kappa shape index (κ1) is 11.0. The molecule has 0 aromatic heterocycles. The zero-order chi connectivity index (χ0) is 9.68. The predicted octanol–water partition coefficient (Wildman–Crippen LogP) is 0.441. The van der Waals surface area contributed by atoms with Crippen LogP contribution in [0.4, 0.5) is 0 Å². The van der Waals surface area contributed by atoms with Crippen LogP contribution in [0.25, 0.3) is 0 Å². The van der Waals surface area contributed by atoms with Crippen molar-refractivity contribution < 1.29 is 5.11 Å². The number of piperidine rings is 1. The molecule has 0 aliphatic carbocycles. The van der Waals surface area contributed by atoms with Crippen molar-refractivity contribution in [1.82, 2.24) is 10.2 Å². The van der Waals surface area contributed by atoms with E-state index in [9.17, 15) is 0 Å². The topological polar surface area (TPSA) is 35.5 Å². The van der Waals surface area contributed by atoms with Crippen molar-refractivity contribution in [2.45, 2.75) is 38.3 Å². The molecule has 1 aliphatic heterocycles. The molecule has 3 heteroatoms. The normalized spacial score (nSPS) is 27.5. The molecule has 3 nitrogen and oxygen atoms in total. The molecular formula is C10H22N2O. The van der Waals surface area contributed by atoms with E-state index in [2.05, 4.69) is 17.3 Å². The van der Waals surface area contributed by atoms with Crippen LogP contribution in [0.5, 0.6) is 0 Å². The van der Waals surface area contributed by atoms with Crippen molar-refractivity contribution in [2.24, 2.45) is 0 Å². The van der Waals surface area contributed by atoms with Crippen LogP contribution in [0.15, 0.2) is 0 Å². The van der Waals surface area contributed by atoms with Gasteiger partial charge in [-0.15, -0.1) is 0 Å². The number of nitrogens with one attached hydrogen (secondary N) is 1. The molecular weight excluding hydrogens is 164 g/mol. The summed E-state index contributed by atoms with van der Waals surface area (Å²) in [5, 5.41) is 12.6. The van der Waals surface area contributed by atoms with Crippen molar-refractivity contribution in [3.05, 3.63) is 0 Å². The van der Waals surface area contributed by atoms with Gasteiger partial charge < -0.3 is 15.3 Å². The first-order valence-corrected chi connectivity index (χ1v) is 5.28. The SMILES string of the molecule is CC(O)CCNC1CCCN(C)C1. The molecule has 0 amide bonds. The minimum Gasteiger partial charge on any atom is -0.393 e. The molecule has 1 fully saturated rings. The fourth-order valence-electron chi connectivity index (χ4n) is 1.83. The summed E-state index contributed by atoms with van der Waals surface area (Å²) in [6.45, 7) is 5.17. The summed E-state index contributed by atoms with van der Waals surface area (Å²) >= 11 is 0. The van der Waals surface area contributed by atoms with Gasteiger partial charge in [0.15, 0.2) is 0 Å². The highest BCUT2D eigenvalue weighted by molar-refractivity contribution is 4.76. The Morgan fingerprint density at radius 1 is 1.62 bits per heavy atom. The zero-order valence-electron chi connectivity index (χ0n) is 8.79. The summed E-state index contributed by atoms with van der Waals surface area (Å²) in [6, 6.07) is 0.637. The second-order valence-corrected chi connectivity index (χ2v) is 4.19. The highest BCUT2D eigenvalue weighted by Crippen LogP contribution is 2.07. The standard InChI is InChI=1S/C10H22N2O/c1-9(13)5-6-11-10-4-3-7-12(2)8-10/h9-11,13H,3-8H2,1-2H3. The molecule has 0 bridgehead atoms. The number of aliphatic hydroxyl groups excluding tert-OH is 1. The van der Waals surface area contributed by atoms with Gasteiger partial charge >= 0.3 is 0 Å². The van der Waals surface area contributed by atoms with Crippen LogP contribution in [0.1, 0.15) is 26.2 Å². The molecule has 0 aromatic rings. The fourth-order valence-corrected chi connectivity index (χ4v) is 1.83. The van der Waals surface area contributed by atoms with Crippen LogP contribution < -0.4 is 5.32 Å². The summed E-state index contributed by atoms with van der Waals surface area (Å²) in [6.07, 6.45) is 3.27. The minimum absolute atomic E-state index is 0.172. The highest BCUT2D eigenvalue weighted by atomic mass is 16.3. The van der Waals surface area contributed by atoms with Crippen molar-refractivity contribution in [3.8, 4) is 0 Å². The third kappa shape index (κ3) is 4.60. The Kier molecular flexibility index (Phi) is 4.70. The zero-order valence-corrected chi connectivity index (χ0v) is 8.79. The molecule has 13 heavy (non-hydrogen) atoms. The average molecular weight is 186 g/mol. The van der Waals surface area contributed by atoms with Gasteiger partial charge in [-0.2, -0.15) is 0 Å². The number of hydrogen-bond donors (Lipinski definition) is 2. The van der Waals surface area contributed by atoms with E-state index in [1.165, 1.54) is 19.4 Å². The fraction of sp³-hybridized carbons (Fsp3) is 1.00. The van der Waals surface area contributed by atoms with E-state index in [0.717, 1.165) is 19.5 Å². The summed E-state index contributed by atoms with van der Waals surface area (Å²) in [5.41, 5.74) is 0. The lowest BCUT2D eigenvalue weighted by molar-refractivity contribution is 0.175. The van der Waals surface area contributed by atoms with Crippen molar-refractivity contribution in [2.75, 3.05) is 26.7 Å². The van der Waals surface area contributed by atoms with E-state index >= 15 is 0 Å². The summed E-state index contributed by atoms with van der Waals surface area (Å²) in [4.78, 5) is 2.36. The molecule has 0 aromatic carbocycles. The minimum atomic E-state index is -0.172. The Bertz CT molecular complexity index is 139. The molecule has 2 N–H and O–H groups in total. The van der Waals surface area contributed by atoms with Crippen LogP contribution in [0, 0.1) is 0 Å². The van der Waals surface area contributed by atoms with Gasteiger partial charge in [0.25, 0.3) is 0 Å². The summed E-state index contributed by atoms with van der Waals surface area (Å²) in [7, 11) is 2.17. The Hall–Kier alpha value is -0.120. The maximum atomic E-state index is 9.08. The number of hydrogen-bond acceptors (Lipinski definition) is 3. The van der Waals surface area contributed by atoms with Crippen molar-refractivity contribution in [3.63, 3.8) is 0 Å². The van der Waals surface area contributed by atoms with E-state index in [0.29, 0.717) is 6.04 Å². The second kappa shape index (κ2) is 5.58. The molecule has 1 heterocycles. The second-order valence-electron chi connectivity index (χ2n) is 4.19. The van der Waals surface area contributed by atoms with Gasteiger partial charge in [-0.3, -0.25) is 0 Å². The van der Waals surface area contributed by atoms with Crippen LogP contribution in [0.3, 0.4) is 0 Å². The van der Waals surface area contributed by atoms with Gasteiger partial charge in [0.1, 0.15) is 0 Å². The molecule has 78 valence electrons. The monoisotopic (exact) mass is 186 g/mol. The first-order chi connectivity index (χ1) is 6.18. The largest absolute Gasteiger partial charge is 0.393 e. The van der Waals surface area contributed by atoms with E-state index in [-0.39, 0.29) is 6.10 Å². The maximum absolute atomic E-state index is 9.08. The van der Waals surface area contributed by atoms with Gasteiger partial charge in [-0.25, -0.2) is 0 Å². The average Bonchev–Trinajstić information content (AvgIpc) is 2.03. The summed E-state index contributed by atoms with van der Waals surface area (Å²) < 4.78 is 0. The van der Waals surface area contributed by atoms with E-state index in [1.54, 1.807) is 0 Å². The number of rotatable bonds is 4. The third-order valence-corrected chi connectivity index (χ3v) is 2.62. The Labute approximate surface area is 81.1 Å². The van der Waals surface area contributed by atoms with Crippen LogP contribution in [-0.2, 0) is 0 Å². The lowest BCUT2D eigenvalue weighted by Gasteiger charge is -2.30. The lowest BCUT2D eigenvalue weighted by Crippen LogP contribution is -2.44.